The van der Waals surface area contributed by atoms with Crippen LogP contribution in [0, 0.1) is 13.8 Å². The van der Waals surface area contributed by atoms with Gasteiger partial charge in [-0.15, -0.1) is 0 Å². The first-order chi connectivity index (χ1) is 12.9. The van der Waals surface area contributed by atoms with Crippen molar-refractivity contribution < 1.29 is 4.74 Å². The lowest BCUT2D eigenvalue weighted by Gasteiger charge is -2.16. The fourth-order valence-corrected chi connectivity index (χ4v) is 3.71. The van der Waals surface area contributed by atoms with E-state index in [-0.39, 0.29) is 6.04 Å². The van der Waals surface area contributed by atoms with Gasteiger partial charge in [-0.25, -0.2) is 4.98 Å². The van der Waals surface area contributed by atoms with E-state index in [0.717, 1.165) is 34.6 Å². The van der Waals surface area contributed by atoms with Crippen LogP contribution >= 0.6 is 0 Å². The molecule has 0 fully saturated rings. The molecule has 0 N–H and O–H groups in total. The topological polar surface area (TPSA) is 39.9 Å². The van der Waals surface area contributed by atoms with Crippen LogP contribution in [0.2, 0.25) is 0 Å². The second-order valence-electron chi connectivity index (χ2n) is 7.78. The number of aromatic nitrogens is 3. The molecule has 4 heteroatoms. The van der Waals surface area contributed by atoms with Crippen molar-refractivity contribution in [2.24, 2.45) is 0 Å². The van der Waals surface area contributed by atoms with Crippen molar-refractivity contribution in [1.29, 1.82) is 0 Å². The molecule has 4 nitrogen and oxygen atoms in total. The van der Waals surface area contributed by atoms with E-state index < -0.39 is 0 Å². The molecular formula is C23H31N3O. The summed E-state index contributed by atoms with van der Waals surface area (Å²) in [6, 6.07) is 6.87. The lowest BCUT2D eigenvalue weighted by Crippen LogP contribution is -2.10. The van der Waals surface area contributed by atoms with E-state index in [2.05, 4.69) is 70.5 Å². The summed E-state index contributed by atoms with van der Waals surface area (Å²) in [6.07, 6.45) is 3.09. The number of rotatable bonds is 6. The smallest absolute Gasteiger partial charge is 0.0917 e. The summed E-state index contributed by atoms with van der Waals surface area (Å²) in [5, 5.41) is 0. The summed E-state index contributed by atoms with van der Waals surface area (Å²) in [7, 11) is 1.75. The summed E-state index contributed by atoms with van der Waals surface area (Å²) in [6.45, 7) is 13.7. The Labute approximate surface area is 162 Å². The average molecular weight is 366 g/mol. The SMILES string of the molecule is CCc1nc(C(C)C)ccc1-c1nc2c(C)cn([C@H](C)COC)c2cc1C. The highest BCUT2D eigenvalue weighted by Crippen LogP contribution is 2.31. The molecule has 0 aromatic carbocycles. The third kappa shape index (κ3) is 3.63. The third-order valence-corrected chi connectivity index (χ3v) is 5.24. The zero-order valence-electron chi connectivity index (χ0n) is 17.6. The molecule has 0 unspecified atom stereocenters. The van der Waals surface area contributed by atoms with Crippen LogP contribution in [0.15, 0.2) is 24.4 Å². The van der Waals surface area contributed by atoms with Crippen LogP contribution in [-0.4, -0.2) is 28.3 Å². The molecule has 0 amide bonds. The number of pyridine rings is 2. The molecule has 144 valence electrons. The lowest BCUT2D eigenvalue weighted by molar-refractivity contribution is 0.164. The Balaban J connectivity index is 2.17. The summed E-state index contributed by atoms with van der Waals surface area (Å²) in [4.78, 5) is 10.00. The highest BCUT2D eigenvalue weighted by atomic mass is 16.5. The molecule has 0 bridgehead atoms. The molecule has 0 spiro atoms. The number of nitrogens with zero attached hydrogens (tertiary/aromatic N) is 3. The molecule has 0 radical (unpaired) electrons. The van der Waals surface area contributed by atoms with Crippen molar-refractivity contribution in [3.8, 4) is 11.3 Å². The first-order valence-electron chi connectivity index (χ1n) is 9.85. The largest absolute Gasteiger partial charge is 0.383 e. The zero-order valence-corrected chi connectivity index (χ0v) is 17.6. The molecule has 3 aromatic heterocycles. The van der Waals surface area contributed by atoms with Crippen molar-refractivity contribution in [3.05, 3.63) is 46.9 Å². The first-order valence-corrected chi connectivity index (χ1v) is 9.85. The minimum Gasteiger partial charge on any atom is -0.383 e. The summed E-state index contributed by atoms with van der Waals surface area (Å²) in [5.41, 5.74) is 9.07. The van der Waals surface area contributed by atoms with Gasteiger partial charge in [0, 0.05) is 30.3 Å². The Morgan fingerprint density at radius 3 is 2.44 bits per heavy atom. The van der Waals surface area contributed by atoms with E-state index >= 15 is 0 Å². The number of methoxy groups -OCH3 is 1. The monoisotopic (exact) mass is 365 g/mol. The zero-order chi connectivity index (χ0) is 19.7. The normalized spacial score (nSPS) is 12.9. The summed E-state index contributed by atoms with van der Waals surface area (Å²) in [5.74, 6) is 0.430. The molecule has 0 saturated heterocycles. The van der Waals surface area contributed by atoms with E-state index in [4.69, 9.17) is 14.7 Å². The van der Waals surface area contributed by atoms with Gasteiger partial charge in [-0.2, -0.15) is 0 Å². The quantitative estimate of drug-likeness (QED) is 0.570. The van der Waals surface area contributed by atoms with E-state index in [1.807, 2.05) is 0 Å². The molecule has 0 saturated carbocycles. The number of aryl methyl sites for hydroxylation is 3. The van der Waals surface area contributed by atoms with E-state index in [1.165, 1.54) is 16.6 Å². The highest BCUT2D eigenvalue weighted by molar-refractivity contribution is 5.84. The predicted molar refractivity (Wildman–Crippen MR) is 112 cm³/mol. The predicted octanol–water partition coefficient (Wildman–Crippen LogP) is 5.61. The minimum atomic E-state index is 0.274. The van der Waals surface area contributed by atoms with Gasteiger partial charge in [-0.05, 0) is 62.4 Å². The minimum absolute atomic E-state index is 0.274. The van der Waals surface area contributed by atoms with Crippen LogP contribution in [0.5, 0.6) is 0 Å². The Morgan fingerprint density at radius 2 is 1.81 bits per heavy atom. The second kappa shape index (κ2) is 7.81. The van der Waals surface area contributed by atoms with Gasteiger partial charge in [0.05, 0.1) is 29.4 Å². The maximum atomic E-state index is 5.35. The third-order valence-electron chi connectivity index (χ3n) is 5.24. The van der Waals surface area contributed by atoms with Crippen molar-refractivity contribution >= 4 is 11.0 Å². The van der Waals surface area contributed by atoms with Crippen molar-refractivity contribution in [1.82, 2.24) is 14.5 Å². The molecule has 0 aliphatic rings. The van der Waals surface area contributed by atoms with Crippen LogP contribution in [0.3, 0.4) is 0 Å². The van der Waals surface area contributed by atoms with Crippen molar-refractivity contribution in [3.63, 3.8) is 0 Å². The number of fused-ring (bicyclic) bond motifs is 1. The Bertz CT molecular complexity index is 956. The molecule has 0 aliphatic carbocycles. The number of ether oxygens (including phenoxy) is 1. The van der Waals surface area contributed by atoms with E-state index in [1.54, 1.807) is 7.11 Å². The van der Waals surface area contributed by atoms with Crippen LogP contribution in [0.4, 0.5) is 0 Å². The maximum Gasteiger partial charge on any atom is 0.0917 e. The van der Waals surface area contributed by atoms with Crippen molar-refractivity contribution in [2.45, 2.75) is 59.9 Å². The number of hydrogen-bond donors (Lipinski definition) is 0. The maximum absolute atomic E-state index is 5.35. The van der Waals surface area contributed by atoms with Crippen LogP contribution in [-0.2, 0) is 11.2 Å². The standard InChI is InChI=1S/C23H31N3O/c1-8-19-18(9-10-20(24-19)14(2)3)22-15(4)11-21-23(25-22)16(5)12-26(21)17(6)13-27-7/h9-12,14,17H,8,13H2,1-7H3/t17-/m1/s1. The molecular weight excluding hydrogens is 334 g/mol. The Hall–Kier alpha value is -2.20. The Morgan fingerprint density at radius 1 is 1.07 bits per heavy atom. The molecule has 3 heterocycles. The van der Waals surface area contributed by atoms with Gasteiger partial charge in [0.1, 0.15) is 0 Å². The molecule has 1 atom stereocenters. The van der Waals surface area contributed by atoms with Crippen LogP contribution in [0.25, 0.3) is 22.3 Å². The van der Waals surface area contributed by atoms with Gasteiger partial charge in [-0.1, -0.05) is 20.8 Å². The van der Waals surface area contributed by atoms with Gasteiger partial charge in [0.25, 0.3) is 0 Å². The molecule has 27 heavy (non-hydrogen) atoms. The van der Waals surface area contributed by atoms with Crippen LogP contribution < -0.4 is 0 Å². The highest BCUT2D eigenvalue weighted by Gasteiger charge is 2.17. The summed E-state index contributed by atoms with van der Waals surface area (Å²) >= 11 is 0. The number of hydrogen-bond acceptors (Lipinski definition) is 3. The molecule has 0 aliphatic heterocycles. The van der Waals surface area contributed by atoms with Gasteiger partial charge < -0.3 is 9.30 Å². The van der Waals surface area contributed by atoms with Crippen molar-refractivity contribution in [2.75, 3.05) is 13.7 Å². The van der Waals surface area contributed by atoms with Gasteiger partial charge in [0.15, 0.2) is 0 Å². The molecule has 3 aromatic rings. The van der Waals surface area contributed by atoms with Gasteiger partial charge in [0.2, 0.25) is 0 Å². The van der Waals surface area contributed by atoms with Gasteiger partial charge >= 0.3 is 0 Å². The first kappa shape index (κ1) is 19.6. The molecule has 3 rings (SSSR count). The fourth-order valence-electron chi connectivity index (χ4n) is 3.71. The van der Waals surface area contributed by atoms with E-state index in [0.29, 0.717) is 12.5 Å². The summed E-state index contributed by atoms with van der Waals surface area (Å²) < 4.78 is 7.63. The van der Waals surface area contributed by atoms with Gasteiger partial charge in [-0.3, -0.25) is 4.98 Å². The lowest BCUT2D eigenvalue weighted by atomic mass is 10.0. The Kier molecular flexibility index (Phi) is 5.66. The van der Waals surface area contributed by atoms with Crippen LogP contribution in [0.1, 0.15) is 62.2 Å². The average Bonchev–Trinajstić information content (AvgIpc) is 2.96. The second-order valence-corrected chi connectivity index (χ2v) is 7.78. The van der Waals surface area contributed by atoms with E-state index in [9.17, 15) is 0 Å². The fraction of sp³-hybridized carbons (Fsp3) is 0.478.